The molecule has 0 atom stereocenters. The summed E-state index contributed by atoms with van der Waals surface area (Å²) in [6.45, 7) is 6.01. The van der Waals surface area contributed by atoms with Crippen molar-refractivity contribution in [2.45, 2.75) is 50.8 Å². The van der Waals surface area contributed by atoms with Gasteiger partial charge in [0.1, 0.15) is 0 Å². The number of carbonyl (C=O) groups is 1. The van der Waals surface area contributed by atoms with Crippen LogP contribution < -0.4 is 0 Å². The van der Waals surface area contributed by atoms with Crippen LogP contribution in [-0.4, -0.2) is 76.1 Å². The van der Waals surface area contributed by atoms with Crippen LogP contribution in [0.2, 0.25) is 10.0 Å². The number of sulfone groups is 1. The molecular weight excluding hydrogens is 495 g/mol. The quantitative estimate of drug-likeness (QED) is 0.303. The zero-order chi connectivity index (χ0) is 23.9. The van der Waals surface area contributed by atoms with Gasteiger partial charge in [-0.05, 0) is 25.5 Å². The van der Waals surface area contributed by atoms with E-state index in [0.29, 0.717) is 39.1 Å². The van der Waals surface area contributed by atoms with E-state index in [9.17, 15) is 21.6 Å². The molecule has 7 nitrogen and oxygen atoms in total. The smallest absolute Gasteiger partial charge is 0.213 e. The van der Waals surface area contributed by atoms with Crippen molar-refractivity contribution in [3.05, 3.63) is 27.7 Å². The lowest BCUT2D eigenvalue weighted by atomic mass is 10.1. The number of unbranched alkanes of at least 4 members (excludes halogenated alkanes) is 3. The second-order valence-corrected chi connectivity index (χ2v) is 13.1. The van der Waals surface area contributed by atoms with Crippen LogP contribution in [0.15, 0.2) is 17.0 Å². The van der Waals surface area contributed by atoms with Crippen LogP contribution >= 0.6 is 23.2 Å². The minimum absolute atomic E-state index is 0.0205. The fourth-order valence-corrected chi connectivity index (χ4v) is 6.96. The molecule has 0 aliphatic carbocycles. The van der Waals surface area contributed by atoms with Gasteiger partial charge in [-0.1, -0.05) is 49.4 Å². The van der Waals surface area contributed by atoms with Gasteiger partial charge in [-0.15, -0.1) is 0 Å². The third-order valence-electron chi connectivity index (χ3n) is 5.66. The van der Waals surface area contributed by atoms with Gasteiger partial charge in [0.2, 0.25) is 10.0 Å². The van der Waals surface area contributed by atoms with Gasteiger partial charge in [0, 0.05) is 39.1 Å². The number of halogens is 2. The number of rotatable bonds is 12. The number of carbonyl (C=O) groups excluding carboxylic acids is 1. The van der Waals surface area contributed by atoms with E-state index in [-0.39, 0.29) is 44.2 Å². The average molecular weight is 528 g/mol. The van der Waals surface area contributed by atoms with Crippen molar-refractivity contribution in [1.82, 2.24) is 9.21 Å². The lowest BCUT2D eigenvalue weighted by molar-refractivity contribution is 0.0952. The maximum atomic E-state index is 12.8. The number of nitrogens with zero attached hydrogens (tertiary/aromatic N) is 2. The van der Waals surface area contributed by atoms with Crippen molar-refractivity contribution < 1.29 is 21.6 Å². The first kappa shape index (κ1) is 27.5. The summed E-state index contributed by atoms with van der Waals surface area (Å²) in [4.78, 5) is 14.8. The topological polar surface area (TPSA) is 91.8 Å². The molecule has 1 fully saturated rings. The van der Waals surface area contributed by atoms with Crippen LogP contribution in [0.5, 0.6) is 0 Å². The summed E-state index contributed by atoms with van der Waals surface area (Å²) in [5.74, 6) is -0.171. The van der Waals surface area contributed by atoms with Gasteiger partial charge in [-0.25, -0.2) is 16.8 Å². The van der Waals surface area contributed by atoms with Crippen LogP contribution in [0.4, 0.5) is 0 Å². The molecule has 0 bridgehead atoms. The molecule has 0 aromatic heterocycles. The highest BCUT2D eigenvalue weighted by Gasteiger charge is 2.26. The molecular formula is C21H32Cl2N2O5S2. The van der Waals surface area contributed by atoms with E-state index >= 15 is 0 Å². The molecule has 1 saturated heterocycles. The van der Waals surface area contributed by atoms with Crippen molar-refractivity contribution in [3.63, 3.8) is 0 Å². The third-order valence-corrected chi connectivity index (χ3v) is 9.92. The Morgan fingerprint density at radius 1 is 0.938 bits per heavy atom. The van der Waals surface area contributed by atoms with Crippen molar-refractivity contribution in [2.75, 3.05) is 44.2 Å². The van der Waals surface area contributed by atoms with Gasteiger partial charge in [-0.3, -0.25) is 4.79 Å². The summed E-state index contributed by atoms with van der Waals surface area (Å²) < 4.78 is 50.5. The van der Waals surface area contributed by atoms with Crippen LogP contribution in [0.3, 0.4) is 0 Å². The van der Waals surface area contributed by atoms with Gasteiger partial charge < -0.3 is 4.90 Å². The Balaban J connectivity index is 1.98. The Bertz CT molecular complexity index is 982. The highest BCUT2D eigenvalue weighted by Crippen LogP contribution is 2.30. The maximum Gasteiger partial charge on any atom is 0.213 e. The van der Waals surface area contributed by atoms with E-state index in [1.165, 1.54) is 16.4 Å². The van der Waals surface area contributed by atoms with Crippen molar-refractivity contribution in [1.29, 1.82) is 0 Å². The zero-order valence-corrected chi connectivity index (χ0v) is 21.8. The molecule has 0 amide bonds. The van der Waals surface area contributed by atoms with Gasteiger partial charge in [0.25, 0.3) is 0 Å². The first-order valence-corrected chi connectivity index (χ1v) is 15.0. The van der Waals surface area contributed by atoms with Gasteiger partial charge in [-0.2, -0.15) is 4.31 Å². The molecule has 0 N–H and O–H groups in total. The highest BCUT2D eigenvalue weighted by atomic mass is 35.5. The molecule has 1 heterocycles. The van der Waals surface area contributed by atoms with E-state index < -0.39 is 19.9 Å². The predicted molar refractivity (Wildman–Crippen MR) is 129 cm³/mol. The minimum Gasteiger partial charge on any atom is -0.300 e. The summed E-state index contributed by atoms with van der Waals surface area (Å²) in [5, 5.41) is 0.0713. The molecule has 32 heavy (non-hydrogen) atoms. The Morgan fingerprint density at radius 3 is 2.06 bits per heavy atom. The molecule has 0 spiro atoms. The van der Waals surface area contributed by atoms with Crippen LogP contribution in [0, 0.1) is 0 Å². The third kappa shape index (κ3) is 7.40. The Labute approximate surface area is 202 Å². The number of benzene rings is 1. The molecule has 1 aliphatic rings. The van der Waals surface area contributed by atoms with Crippen LogP contribution in [0.25, 0.3) is 0 Å². The monoisotopic (exact) mass is 526 g/mol. The molecule has 182 valence electrons. The van der Waals surface area contributed by atoms with E-state index in [1.807, 2.05) is 4.90 Å². The van der Waals surface area contributed by atoms with Gasteiger partial charge in [0.05, 0.1) is 32.0 Å². The number of ketones is 1. The predicted octanol–water partition coefficient (Wildman–Crippen LogP) is 3.89. The fraction of sp³-hybridized carbons (Fsp3) is 0.667. The lowest BCUT2D eigenvalue weighted by Gasteiger charge is -2.33. The molecule has 11 heteroatoms. The summed E-state index contributed by atoms with van der Waals surface area (Å²) >= 11 is 12.5. The largest absolute Gasteiger partial charge is 0.300 e. The summed E-state index contributed by atoms with van der Waals surface area (Å²) in [6, 6.07) is 2.62. The summed E-state index contributed by atoms with van der Waals surface area (Å²) in [6.07, 6.45) is 3.56. The summed E-state index contributed by atoms with van der Waals surface area (Å²) in [7, 11) is -6.72. The molecule has 1 aliphatic heterocycles. The van der Waals surface area contributed by atoms with Crippen LogP contribution in [0.1, 0.15) is 56.3 Å². The highest BCUT2D eigenvalue weighted by molar-refractivity contribution is 7.91. The first-order chi connectivity index (χ1) is 15.0. The standard InChI is InChI=1S/C21H32Cl2N2O5S2/c1-3-5-6-7-14-31(27,28)17-15-18(22)21(19(23)16-17)20(26)8-9-24-10-12-25(13-11-24)32(29,30)4-2/h15-16H,3-14H2,1-2H3. The van der Waals surface area contributed by atoms with Gasteiger partial charge >= 0.3 is 0 Å². The van der Waals surface area contributed by atoms with Gasteiger partial charge in [0.15, 0.2) is 15.6 Å². The Hall–Kier alpha value is -0.710. The average Bonchev–Trinajstić information content (AvgIpc) is 2.75. The fourth-order valence-electron chi connectivity index (χ4n) is 3.63. The normalized spacial score (nSPS) is 16.4. The molecule has 1 aromatic rings. The number of sulfonamides is 1. The number of piperazine rings is 1. The molecule has 0 radical (unpaired) electrons. The molecule has 0 saturated carbocycles. The van der Waals surface area contributed by atoms with E-state index in [4.69, 9.17) is 23.2 Å². The van der Waals surface area contributed by atoms with E-state index in [2.05, 4.69) is 6.92 Å². The SMILES string of the molecule is CCCCCCS(=O)(=O)c1cc(Cl)c(C(=O)CCN2CCN(S(=O)(=O)CC)CC2)c(Cl)c1. The van der Waals surface area contributed by atoms with E-state index in [0.717, 1.165) is 19.3 Å². The maximum absolute atomic E-state index is 12.8. The molecule has 0 unspecified atom stereocenters. The zero-order valence-electron chi connectivity index (χ0n) is 18.6. The minimum atomic E-state index is -3.52. The number of hydrogen-bond donors (Lipinski definition) is 0. The van der Waals surface area contributed by atoms with Crippen LogP contribution in [-0.2, 0) is 19.9 Å². The summed E-state index contributed by atoms with van der Waals surface area (Å²) in [5.41, 5.74) is 0.130. The Kier molecular flexibility index (Phi) is 10.4. The van der Waals surface area contributed by atoms with Crippen molar-refractivity contribution in [2.24, 2.45) is 0 Å². The first-order valence-electron chi connectivity index (χ1n) is 11.0. The van der Waals surface area contributed by atoms with Crippen molar-refractivity contribution in [3.8, 4) is 0 Å². The molecule has 1 aromatic carbocycles. The Morgan fingerprint density at radius 2 is 1.53 bits per heavy atom. The molecule has 2 rings (SSSR count). The second kappa shape index (κ2) is 12.1. The van der Waals surface area contributed by atoms with Crippen molar-refractivity contribution >= 4 is 48.8 Å². The lowest BCUT2D eigenvalue weighted by Crippen LogP contribution is -2.49. The van der Waals surface area contributed by atoms with E-state index in [1.54, 1.807) is 6.92 Å². The second-order valence-electron chi connectivity index (χ2n) is 7.96. The number of hydrogen-bond acceptors (Lipinski definition) is 6. The number of Topliss-reactive ketones (excluding diaryl/α,β-unsaturated/α-hetero) is 1.